The first-order valence-corrected chi connectivity index (χ1v) is 5.07. The van der Waals surface area contributed by atoms with Crippen LogP contribution in [-0.4, -0.2) is 10.2 Å². The minimum absolute atomic E-state index is 0.459. The highest BCUT2D eigenvalue weighted by atomic mass is 15.1. The summed E-state index contributed by atoms with van der Waals surface area (Å²) in [6.45, 7) is 4.31. The van der Waals surface area contributed by atoms with Crippen molar-refractivity contribution in [1.29, 1.82) is 0 Å². The van der Waals surface area contributed by atoms with Gasteiger partial charge in [-0.3, -0.25) is 5.10 Å². The van der Waals surface area contributed by atoms with Crippen molar-refractivity contribution in [2.45, 2.75) is 19.8 Å². The third-order valence-corrected chi connectivity index (χ3v) is 2.47. The lowest BCUT2D eigenvalue weighted by molar-refractivity contribution is 0.870. The van der Waals surface area contributed by atoms with Crippen LogP contribution in [0.1, 0.15) is 25.3 Å². The molecular formula is C12H15N3. The van der Waals surface area contributed by atoms with Gasteiger partial charge in [0.15, 0.2) is 0 Å². The van der Waals surface area contributed by atoms with Crippen molar-refractivity contribution in [2.75, 3.05) is 5.73 Å². The SMILES string of the molecule is CC(C)c1cn[nH]c1-c1cccc(N)c1. The van der Waals surface area contributed by atoms with Crippen molar-refractivity contribution in [3.8, 4) is 11.3 Å². The van der Waals surface area contributed by atoms with Gasteiger partial charge in [-0.2, -0.15) is 5.10 Å². The molecule has 3 N–H and O–H groups in total. The van der Waals surface area contributed by atoms with Crippen molar-refractivity contribution in [2.24, 2.45) is 0 Å². The number of nitrogens with two attached hydrogens (primary N) is 1. The third kappa shape index (κ3) is 1.86. The number of nitrogens with zero attached hydrogens (tertiary/aromatic N) is 1. The average molecular weight is 201 g/mol. The monoisotopic (exact) mass is 201 g/mol. The van der Waals surface area contributed by atoms with E-state index in [4.69, 9.17) is 5.73 Å². The first-order chi connectivity index (χ1) is 7.18. The molecule has 2 aromatic rings. The Morgan fingerprint density at radius 1 is 1.33 bits per heavy atom. The smallest absolute Gasteiger partial charge is 0.0685 e. The average Bonchev–Trinajstić information content (AvgIpc) is 2.65. The van der Waals surface area contributed by atoms with Crippen molar-refractivity contribution < 1.29 is 0 Å². The summed E-state index contributed by atoms with van der Waals surface area (Å²) in [7, 11) is 0. The van der Waals surface area contributed by atoms with Gasteiger partial charge in [0.2, 0.25) is 0 Å². The van der Waals surface area contributed by atoms with E-state index in [0.717, 1.165) is 16.9 Å². The molecule has 0 unspecified atom stereocenters. The van der Waals surface area contributed by atoms with E-state index in [9.17, 15) is 0 Å². The number of rotatable bonds is 2. The predicted molar refractivity (Wildman–Crippen MR) is 62.5 cm³/mol. The Balaban J connectivity index is 2.49. The van der Waals surface area contributed by atoms with Gasteiger partial charge in [-0.1, -0.05) is 26.0 Å². The fraction of sp³-hybridized carbons (Fsp3) is 0.250. The van der Waals surface area contributed by atoms with Crippen LogP contribution in [0, 0.1) is 0 Å². The summed E-state index contributed by atoms with van der Waals surface area (Å²) in [5.41, 5.74) is 9.91. The van der Waals surface area contributed by atoms with Crippen LogP contribution in [0.4, 0.5) is 5.69 Å². The number of hydrogen-bond donors (Lipinski definition) is 2. The second-order valence-corrected chi connectivity index (χ2v) is 3.98. The first-order valence-electron chi connectivity index (χ1n) is 5.07. The van der Waals surface area contributed by atoms with Crippen LogP contribution in [-0.2, 0) is 0 Å². The molecule has 0 radical (unpaired) electrons. The molecule has 0 aliphatic rings. The van der Waals surface area contributed by atoms with Gasteiger partial charge in [-0.15, -0.1) is 0 Å². The lowest BCUT2D eigenvalue weighted by atomic mass is 10.00. The number of benzene rings is 1. The molecule has 1 aromatic heterocycles. The topological polar surface area (TPSA) is 54.7 Å². The van der Waals surface area contributed by atoms with Gasteiger partial charge in [0, 0.05) is 16.8 Å². The summed E-state index contributed by atoms with van der Waals surface area (Å²) in [4.78, 5) is 0. The fourth-order valence-corrected chi connectivity index (χ4v) is 1.66. The number of aromatic amines is 1. The molecule has 0 atom stereocenters. The summed E-state index contributed by atoms with van der Waals surface area (Å²) in [5.74, 6) is 0.459. The zero-order chi connectivity index (χ0) is 10.8. The third-order valence-electron chi connectivity index (χ3n) is 2.47. The van der Waals surface area contributed by atoms with Crippen LogP contribution in [0.2, 0.25) is 0 Å². The molecule has 0 saturated heterocycles. The van der Waals surface area contributed by atoms with E-state index in [1.54, 1.807) is 0 Å². The summed E-state index contributed by atoms with van der Waals surface area (Å²) in [6, 6.07) is 7.83. The largest absolute Gasteiger partial charge is 0.399 e. The molecule has 1 aromatic carbocycles. The number of H-pyrrole nitrogens is 1. The second kappa shape index (κ2) is 3.77. The van der Waals surface area contributed by atoms with Gasteiger partial charge < -0.3 is 5.73 Å². The summed E-state index contributed by atoms with van der Waals surface area (Å²) >= 11 is 0. The van der Waals surface area contributed by atoms with E-state index in [0.29, 0.717) is 5.92 Å². The minimum Gasteiger partial charge on any atom is -0.399 e. The molecule has 2 rings (SSSR count). The van der Waals surface area contributed by atoms with Crippen molar-refractivity contribution in [1.82, 2.24) is 10.2 Å². The van der Waals surface area contributed by atoms with Crippen LogP contribution in [0.5, 0.6) is 0 Å². The van der Waals surface area contributed by atoms with Crippen molar-refractivity contribution in [3.05, 3.63) is 36.0 Å². The first kappa shape index (κ1) is 9.77. The van der Waals surface area contributed by atoms with Gasteiger partial charge in [0.1, 0.15) is 0 Å². The predicted octanol–water partition coefficient (Wildman–Crippen LogP) is 2.78. The van der Waals surface area contributed by atoms with Gasteiger partial charge in [0.05, 0.1) is 11.9 Å². The van der Waals surface area contributed by atoms with Gasteiger partial charge >= 0.3 is 0 Å². The molecule has 0 aliphatic heterocycles. The normalized spacial score (nSPS) is 10.9. The standard InChI is InChI=1S/C12H15N3/c1-8(2)11-7-14-15-12(11)9-4-3-5-10(13)6-9/h3-8H,13H2,1-2H3,(H,14,15). The van der Waals surface area contributed by atoms with Crippen LogP contribution in [0.25, 0.3) is 11.3 Å². The van der Waals surface area contributed by atoms with E-state index in [1.165, 1.54) is 5.56 Å². The lowest BCUT2D eigenvalue weighted by Crippen LogP contribution is -1.90. The zero-order valence-electron chi connectivity index (χ0n) is 8.99. The molecule has 0 saturated carbocycles. The molecular weight excluding hydrogens is 186 g/mol. The quantitative estimate of drug-likeness (QED) is 0.734. The van der Waals surface area contributed by atoms with Gasteiger partial charge in [0.25, 0.3) is 0 Å². The Morgan fingerprint density at radius 2 is 2.13 bits per heavy atom. The molecule has 0 bridgehead atoms. The summed E-state index contributed by atoms with van der Waals surface area (Å²) < 4.78 is 0. The maximum atomic E-state index is 5.76. The Bertz CT molecular complexity index is 457. The molecule has 78 valence electrons. The molecule has 15 heavy (non-hydrogen) atoms. The number of nitrogens with one attached hydrogen (secondary N) is 1. The lowest BCUT2D eigenvalue weighted by Gasteiger charge is -2.06. The number of anilines is 1. The van der Waals surface area contributed by atoms with Crippen LogP contribution in [0.3, 0.4) is 0 Å². The summed E-state index contributed by atoms with van der Waals surface area (Å²) in [6.07, 6.45) is 1.88. The van der Waals surface area contributed by atoms with E-state index in [2.05, 4.69) is 24.0 Å². The Labute approximate surface area is 89.3 Å². The van der Waals surface area contributed by atoms with Crippen molar-refractivity contribution >= 4 is 5.69 Å². The highest BCUT2D eigenvalue weighted by Gasteiger charge is 2.10. The molecule has 1 heterocycles. The van der Waals surface area contributed by atoms with Crippen LogP contribution < -0.4 is 5.73 Å². The highest BCUT2D eigenvalue weighted by Crippen LogP contribution is 2.27. The van der Waals surface area contributed by atoms with E-state index < -0.39 is 0 Å². The molecule has 3 heteroatoms. The van der Waals surface area contributed by atoms with Crippen molar-refractivity contribution in [3.63, 3.8) is 0 Å². The second-order valence-electron chi connectivity index (χ2n) is 3.98. The van der Waals surface area contributed by atoms with Gasteiger partial charge in [-0.25, -0.2) is 0 Å². The maximum Gasteiger partial charge on any atom is 0.0685 e. The molecule has 0 fully saturated rings. The van der Waals surface area contributed by atoms with E-state index in [1.807, 2.05) is 30.5 Å². The fourth-order valence-electron chi connectivity index (χ4n) is 1.66. The van der Waals surface area contributed by atoms with Crippen LogP contribution in [0.15, 0.2) is 30.5 Å². The highest BCUT2D eigenvalue weighted by molar-refractivity contribution is 5.67. The number of nitrogen functional groups attached to an aromatic ring is 1. The van der Waals surface area contributed by atoms with Crippen LogP contribution >= 0.6 is 0 Å². The number of aromatic nitrogens is 2. The number of hydrogen-bond acceptors (Lipinski definition) is 2. The maximum absolute atomic E-state index is 5.76. The Morgan fingerprint density at radius 3 is 2.80 bits per heavy atom. The molecule has 0 aliphatic carbocycles. The molecule has 0 amide bonds. The van der Waals surface area contributed by atoms with E-state index in [-0.39, 0.29) is 0 Å². The molecule has 3 nitrogen and oxygen atoms in total. The van der Waals surface area contributed by atoms with Gasteiger partial charge in [-0.05, 0) is 18.1 Å². The molecule has 0 spiro atoms. The Hall–Kier alpha value is -1.77. The Kier molecular flexibility index (Phi) is 2.46. The zero-order valence-corrected chi connectivity index (χ0v) is 8.99. The summed E-state index contributed by atoms with van der Waals surface area (Å²) in [5, 5.41) is 7.11. The minimum atomic E-state index is 0.459. The van der Waals surface area contributed by atoms with E-state index >= 15 is 0 Å².